The van der Waals surface area contributed by atoms with Gasteiger partial charge < -0.3 is 4.42 Å². The third kappa shape index (κ3) is 2.74. The summed E-state index contributed by atoms with van der Waals surface area (Å²) in [6, 6.07) is 8.22. The van der Waals surface area contributed by atoms with Crippen LogP contribution in [0.5, 0.6) is 0 Å². The van der Waals surface area contributed by atoms with Crippen LogP contribution < -0.4 is 0 Å². The highest BCUT2D eigenvalue weighted by atomic mass is 35.5. The van der Waals surface area contributed by atoms with E-state index in [0.717, 1.165) is 11.3 Å². The average Bonchev–Trinajstić information content (AvgIpc) is 2.74. The van der Waals surface area contributed by atoms with Crippen LogP contribution in [-0.2, 0) is 5.88 Å². The predicted molar refractivity (Wildman–Crippen MR) is 66.2 cm³/mol. The molecule has 0 saturated carbocycles. The summed E-state index contributed by atoms with van der Waals surface area (Å²) in [5.41, 5.74) is 3.12. The highest BCUT2D eigenvalue weighted by molar-refractivity contribution is 6.16. The Morgan fingerprint density at radius 1 is 1.38 bits per heavy atom. The van der Waals surface area contributed by atoms with Crippen molar-refractivity contribution in [1.29, 1.82) is 0 Å². The van der Waals surface area contributed by atoms with Gasteiger partial charge in [0.05, 0.1) is 11.6 Å². The zero-order valence-electron chi connectivity index (χ0n) is 8.98. The molecule has 1 aromatic carbocycles. The average molecular weight is 234 g/mol. The molecule has 0 aliphatic rings. The molecule has 2 rings (SSSR count). The lowest BCUT2D eigenvalue weighted by molar-refractivity contribution is 0.546. The number of aryl methyl sites for hydroxylation is 1. The van der Waals surface area contributed by atoms with E-state index in [0.29, 0.717) is 11.8 Å². The van der Waals surface area contributed by atoms with Gasteiger partial charge in [0.1, 0.15) is 6.26 Å². The Balaban J connectivity index is 2.14. The second-order valence-electron chi connectivity index (χ2n) is 3.56. The molecule has 0 saturated heterocycles. The Morgan fingerprint density at radius 3 is 2.94 bits per heavy atom. The summed E-state index contributed by atoms with van der Waals surface area (Å²) in [5, 5.41) is 0. The SMILES string of the molecule is Cc1cccc(/C=C/c2nc(CCl)co2)c1. The molecule has 16 heavy (non-hydrogen) atoms. The van der Waals surface area contributed by atoms with Crippen molar-refractivity contribution in [3.63, 3.8) is 0 Å². The van der Waals surface area contributed by atoms with Crippen molar-refractivity contribution in [2.45, 2.75) is 12.8 Å². The van der Waals surface area contributed by atoms with E-state index in [1.807, 2.05) is 24.3 Å². The number of halogens is 1. The van der Waals surface area contributed by atoms with E-state index in [-0.39, 0.29) is 0 Å². The Morgan fingerprint density at radius 2 is 2.25 bits per heavy atom. The minimum absolute atomic E-state index is 0.377. The second kappa shape index (κ2) is 4.99. The van der Waals surface area contributed by atoms with Gasteiger partial charge in [-0.2, -0.15) is 0 Å². The van der Waals surface area contributed by atoms with Crippen LogP contribution in [0.25, 0.3) is 12.2 Å². The van der Waals surface area contributed by atoms with E-state index >= 15 is 0 Å². The minimum Gasteiger partial charge on any atom is -0.445 e. The number of benzene rings is 1. The van der Waals surface area contributed by atoms with Gasteiger partial charge in [-0.25, -0.2) is 4.98 Å². The summed E-state index contributed by atoms with van der Waals surface area (Å²) in [7, 11) is 0. The summed E-state index contributed by atoms with van der Waals surface area (Å²) in [5.74, 6) is 0.957. The van der Waals surface area contributed by atoms with E-state index in [1.165, 1.54) is 5.56 Å². The first-order valence-electron chi connectivity index (χ1n) is 5.03. The summed E-state index contributed by atoms with van der Waals surface area (Å²) in [4.78, 5) is 4.18. The van der Waals surface area contributed by atoms with Crippen molar-refractivity contribution in [2.75, 3.05) is 0 Å². The van der Waals surface area contributed by atoms with Gasteiger partial charge in [0.25, 0.3) is 0 Å². The van der Waals surface area contributed by atoms with E-state index in [9.17, 15) is 0 Å². The Hall–Kier alpha value is -1.54. The molecule has 0 radical (unpaired) electrons. The molecule has 0 N–H and O–H groups in total. The topological polar surface area (TPSA) is 26.0 Å². The fraction of sp³-hybridized carbons (Fsp3) is 0.154. The smallest absolute Gasteiger partial charge is 0.218 e. The lowest BCUT2D eigenvalue weighted by Gasteiger charge is -1.94. The van der Waals surface area contributed by atoms with Gasteiger partial charge in [-0.3, -0.25) is 0 Å². The lowest BCUT2D eigenvalue weighted by Crippen LogP contribution is -1.77. The molecule has 0 aliphatic heterocycles. The number of hydrogen-bond acceptors (Lipinski definition) is 2. The van der Waals surface area contributed by atoms with Crippen LogP contribution >= 0.6 is 11.6 Å². The first-order valence-corrected chi connectivity index (χ1v) is 5.56. The predicted octanol–water partition coefficient (Wildman–Crippen LogP) is 3.89. The number of rotatable bonds is 3. The minimum atomic E-state index is 0.377. The number of hydrogen-bond donors (Lipinski definition) is 0. The van der Waals surface area contributed by atoms with Gasteiger partial charge >= 0.3 is 0 Å². The molecule has 1 heterocycles. The number of oxazole rings is 1. The molecule has 0 bridgehead atoms. The van der Waals surface area contributed by atoms with Crippen LogP contribution in [0.3, 0.4) is 0 Å². The van der Waals surface area contributed by atoms with Crippen LogP contribution in [0, 0.1) is 6.92 Å². The van der Waals surface area contributed by atoms with Crippen molar-refractivity contribution in [1.82, 2.24) is 4.98 Å². The quantitative estimate of drug-likeness (QED) is 0.752. The van der Waals surface area contributed by atoms with E-state index in [2.05, 4.69) is 24.0 Å². The van der Waals surface area contributed by atoms with Crippen LogP contribution in [0.4, 0.5) is 0 Å². The van der Waals surface area contributed by atoms with Crippen molar-refractivity contribution in [3.8, 4) is 0 Å². The van der Waals surface area contributed by atoms with Gasteiger partial charge in [-0.1, -0.05) is 29.8 Å². The molecule has 0 fully saturated rings. The van der Waals surface area contributed by atoms with Gasteiger partial charge in [0.15, 0.2) is 0 Å². The van der Waals surface area contributed by atoms with Gasteiger partial charge in [0, 0.05) is 6.08 Å². The Bertz CT molecular complexity index is 502. The van der Waals surface area contributed by atoms with Crippen molar-refractivity contribution >= 4 is 23.8 Å². The largest absolute Gasteiger partial charge is 0.445 e. The molecule has 0 amide bonds. The molecular weight excluding hydrogens is 222 g/mol. The molecule has 0 atom stereocenters. The molecule has 1 aromatic heterocycles. The summed E-state index contributed by atoms with van der Waals surface area (Å²) in [6.45, 7) is 2.06. The summed E-state index contributed by atoms with van der Waals surface area (Å²) >= 11 is 5.63. The van der Waals surface area contributed by atoms with Crippen molar-refractivity contribution < 1.29 is 4.42 Å². The molecule has 3 heteroatoms. The molecular formula is C13H12ClNO. The molecule has 0 aliphatic carbocycles. The van der Waals surface area contributed by atoms with Gasteiger partial charge in [-0.15, -0.1) is 11.6 Å². The maximum absolute atomic E-state index is 5.63. The third-order valence-electron chi connectivity index (χ3n) is 2.17. The molecule has 0 unspecified atom stereocenters. The Kier molecular flexibility index (Phi) is 3.42. The lowest BCUT2D eigenvalue weighted by atomic mass is 10.1. The molecule has 0 spiro atoms. The monoisotopic (exact) mass is 233 g/mol. The van der Waals surface area contributed by atoms with Gasteiger partial charge in [-0.05, 0) is 18.6 Å². The van der Waals surface area contributed by atoms with Crippen LogP contribution in [0.15, 0.2) is 34.9 Å². The second-order valence-corrected chi connectivity index (χ2v) is 3.83. The number of alkyl halides is 1. The molecule has 82 valence electrons. The fourth-order valence-electron chi connectivity index (χ4n) is 1.40. The normalized spacial score (nSPS) is 11.1. The van der Waals surface area contributed by atoms with Crippen molar-refractivity contribution in [2.24, 2.45) is 0 Å². The number of aromatic nitrogens is 1. The van der Waals surface area contributed by atoms with E-state index in [4.69, 9.17) is 16.0 Å². The highest BCUT2D eigenvalue weighted by Crippen LogP contribution is 2.10. The summed E-state index contributed by atoms with van der Waals surface area (Å²) < 4.78 is 5.23. The van der Waals surface area contributed by atoms with Crippen LogP contribution in [-0.4, -0.2) is 4.98 Å². The maximum Gasteiger partial charge on any atom is 0.218 e. The molecule has 2 aromatic rings. The van der Waals surface area contributed by atoms with E-state index < -0.39 is 0 Å². The Labute approximate surface area is 99.6 Å². The van der Waals surface area contributed by atoms with E-state index in [1.54, 1.807) is 6.26 Å². The number of nitrogens with zero attached hydrogens (tertiary/aromatic N) is 1. The van der Waals surface area contributed by atoms with Crippen LogP contribution in [0.2, 0.25) is 0 Å². The third-order valence-corrected chi connectivity index (χ3v) is 2.44. The maximum atomic E-state index is 5.63. The zero-order chi connectivity index (χ0) is 11.4. The first-order chi connectivity index (χ1) is 7.78. The zero-order valence-corrected chi connectivity index (χ0v) is 9.74. The highest BCUT2D eigenvalue weighted by Gasteiger charge is 1.98. The summed E-state index contributed by atoms with van der Waals surface area (Å²) in [6.07, 6.45) is 5.38. The van der Waals surface area contributed by atoms with Crippen LogP contribution in [0.1, 0.15) is 22.7 Å². The van der Waals surface area contributed by atoms with Gasteiger partial charge in [0.2, 0.25) is 5.89 Å². The first kappa shape index (κ1) is 11.0. The standard InChI is InChI=1S/C13H12ClNO/c1-10-3-2-4-11(7-10)5-6-13-15-12(8-14)9-16-13/h2-7,9H,8H2,1H3/b6-5+. The molecule has 2 nitrogen and oxygen atoms in total. The fourth-order valence-corrected chi connectivity index (χ4v) is 1.52. The van der Waals surface area contributed by atoms with Crippen molar-refractivity contribution in [3.05, 3.63) is 53.2 Å².